The number of hydrogen-bond acceptors (Lipinski definition) is 5. The van der Waals surface area contributed by atoms with Crippen molar-refractivity contribution in [2.45, 2.75) is 13.8 Å². The number of nitrogens with one attached hydrogen (secondary N) is 1. The second-order valence-corrected chi connectivity index (χ2v) is 6.60. The quantitative estimate of drug-likeness (QED) is 0.848. The van der Waals surface area contributed by atoms with Crippen molar-refractivity contribution in [3.63, 3.8) is 0 Å². The molecule has 4 nitrogen and oxygen atoms in total. The summed E-state index contributed by atoms with van der Waals surface area (Å²) in [6, 6.07) is 7.64. The Morgan fingerprint density at radius 1 is 1.25 bits per heavy atom. The first-order chi connectivity index (χ1) is 9.59. The number of amidine groups is 1. The molecule has 1 heterocycles. The number of methoxy groups -OCH3 is 1. The normalized spacial score (nSPS) is 17.1. The Balaban J connectivity index is 1.67. The zero-order chi connectivity index (χ0) is 14.4. The molecule has 0 spiro atoms. The monoisotopic (exact) mass is 294 g/mol. The predicted octanol–water partition coefficient (Wildman–Crippen LogP) is 2.79. The van der Waals surface area contributed by atoms with E-state index in [1.54, 1.807) is 18.9 Å². The smallest absolute Gasteiger partial charge is 0.156 e. The first kappa shape index (κ1) is 15.0. The van der Waals surface area contributed by atoms with Crippen LogP contribution in [0.15, 0.2) is 29.3 Å². The summed E-state index contributed by atoms with van der Waals surface area (Å²) in [5.74, 6) is 2.60. The van der Waals surface area contributed by atoms with Crippen LogP contribution in [-0.4, -0.2) is 37.7 Å². The van der Waals surface area contributed by atoms with Crippen molar-refractivity contribution in [1.29, 1.82) is 0 Å². The van der Waals surface area contributed by atoms with Crippen LogP contribution >= 0.6 is 11.8 Å². The van der Waals surface area contributed by atoms with E-state index in [4.69, 9.17) is 9.47 Å². The molecule has 0 saturated carbocycles. The summed E-state index contributed by atoms with van der Waals surface area (Å²) >= 11 is 1.71. The lowest BCUT2D eigenvalue weighted by Gasteiger charge is -2.28. The average molecular weight is 294 g/mol. The van der Waals surface area contributed by atoms with Crippen LogP contribution in [0.1, 0.15) is 13.8 Å². The Labute approximate surface area is 125 Å². The van der Waals surface area contributed by atoms with E-state index < -0.39 is 0 Å². The molecule has 0 amide bonds. The summed E-state index contributed by atoms with van der Waals surface area (Å²) in [7, 11) is 1.66. The predicted molar refractivity (Wildman–Crippen MR) is 85.0 cm³/mol. The average Bonchev–Trinajstić information content (AvgIpc) is 2.46. The van der Waals surface area contributed by atoms with Gasteiger partial charge in [-0.3, -0.25) is 4.99 Å². The maximum absolute atomic E-state index is 5.68. The minimum atomic E-state index is 0.268. The van der Waals surface area contributed by atoms with Gasteiger partial charge >= 0.3 is 0 Å². The van der Waals surface area contributed by atoms with Crippen LogP contribution in [0.2, 0.25) is 0 Å². The van der Waals surface area contributed by atoms with Gasteiger partial charge in [0.25, 0.3) is 0 Å². The number of benzene rings is 1. The van der Waals surface area contributed by atoms with Gasteiger partial charge in [-0.25, -0.2) is 0 Å². The van der Waals surface area contributed by atoms with Crippen LogP contribution in [0, 0.1) is 5.41 Å². The van der Waals surface area contributed by atoms with Gasteiger partial charge in [-0.2, -0.15) is 0 Å². The van der Waals surface area contributed by atoms with E-state index >= 15 is 0 Å². The summed E-state index contributed by atoms with van der Waals surface area (Å²) < 4.78 is 10.8. The third kappa shape index (κ3) is 4.63. The third-order valence-electron chi connectivity index (χ3n) is 3.02. The highest BCUT2D eigenvalue weighted by Crippen LogP contribution is 2.20. The van der Waals surface area contributed by atoms with Gasteiger partial charge in [-0.1, -0.05) is 25.6 Å². The molecule has 0 bridgehead atoms. The number of hydrogen-bond donors (Lipinski definition) is 1. The molecule has 0 atom stereocenters. The van der Waals surface area contributed by atoms with Crippen molar-refractivity contribution in [2.75, 3.05) is 32.6 Å². The minimum Gasteiger partial charge on any atom is -0.497 e. The lowest BCUT2D eigenvalue weighted by molar-refractivity contribution is 0.342. The zero-order valence-corrected chi connectivity index (χ0v) is 13.1. The van der Waals surface area contributed by atoms with E-state index in [-0.39, 0.29) is 5.41 Å². The van der Waals surface area contributed by atoms with Crippen LogP contribution in [0.3, 0.4) is 0 Å². The Bertz CT molecular complexity index is 457. The van der Waals surface area contributed by atoms with Gasteiger partial charge in [-0.05, 0) is 24.3 Å². The molecule has 0 aromatic heterocycles. The molecule has 1 N–H and O–H groups in total. The molecular weight excluding hydrogens is 272 g/mol. The van der Waals surface area contributed by atoms with E-state index in [1.807, 2.05) is 24.3 Å². The van der Waals surface area contributed by atoms with Gasteiger partial charge in [0.1, 0.15) is 11.5 Å². The zero-order valence-electron chi connectivity index (χ0n) is 12.3. The molecular formula is C15H22N2O2S. The highest BCUT2D eigenvalue weighted by atomic mass is 32.2. The Morgan fingerprint density at radius 3 is 2.55 bits per heavy atom. The van der Waals surface area contributed by atoms with Gasteiger partial charge < -0.3 is 14.8 Å². The minimum absolute atomic E-state index is 0.268. The number of aliphatic imine (C=N–C) groups is 1. The highest BCUT2D eigenvalue weighted by Gasteiger charge is 2.22. The van der Waals surface area contributed by atoms with E-state index in [9.17, 15) is 0 Å². The lowest BCUT2D eigenvalue weighted by atomic mass is 9.93. The topological polar surface area (TPSA) is 42.9 Å². The number of rotatable bonds is 5. The van der Waals surface area contributed by atoms with Crippen molar-refractivity contribution in [2.24, 2.45) is 10.4 Å². The molecule has 1 aromatic carbocycles. The maximum atomic E-state index is 5.68. The largest absolute Gasteiger partial charge is 0.497 e. The van der Waals surface area contributed by atoms with E-state index in [2.05, 4.69) is 24.2 Å². The molecule has 110 valence electrons. The van der Waals surface area contributed by atoms with Crippen molar-refractivity contribution in [3.8, 4) is 11.5 Å². The summed E-state index contributed by atoms with van der Waals surface area (Å²) in [5.41, 5.74) is 0.268. The van der Waals surface area contributed by atoms with Crippen LogP contribution in [-0.2, 0) is 0 Å². The second kappa shape index (κ2) is 6.88. The van der Waals surface area contributed by atoms with E-state index in [0.717, 1.165) is 35.5 Å². The first-order valence-electron chi connectivity index (χ1n) is 6.77. The van der Waals surface area contributed by atoms with Crippen molar-refractivity contribution < 1.29 is 9.47 Å². The maximum Gasteiger partial charge on any atom is 0.156 e. The van der Waals surface area contributed by atoms with Gasteiger partial charge in [0, 0.05) is 24.3 Å². The molecule has 2 rings (SSSR count). The molecule has 0 radical (unpaired) electrons. The van der Waals surface area contributed by atoms with Gasteiger partial charge in [0.15, 0.2) is 5.17 Å². The van der Waals surface area contributed by atoms with Gasteiger partial charge in [0.2, 0.25) is 0 Å². The SMILES string of the molecule is COc1ccc(OCCSC2=NCC(C)(C)CN2)cc1. The molecule has 1 aliphatic rings. The molecule has 0 saturated heterocycles. The van der Waals surface area contributed by atoms with Crippen LogP contribution in [0.4, 0.5) is 0 Å². The fourth-order valence-electron chi connectivity index (χ4n) is 1.78. The van der Waals surface area contributed by atoms with Crippen molar-refractivity contribution in [1.82, 2.24) is 5.32 Å². The molecule has 0 unspecified atom stereocenters. The lowest BCUT2D eigenvalue weighted by Crippen LogP contribution is -2.39. The van der Waals surface area contributed by atoms with Crippen molar-refractivity contribution >= 4 is 16.9 Å². The van der Waals surface area contributed by atoms with Crippen molar-refractivity contribution in [3.05, 3.63) is 24.3 Å². The van der Waals surface area contributed by atoms with E-state index in [0.29, 0.717) is 6.61 Å². The summed E-state index contributed by atoms with van der Waals surface area (Å²) in [4.78, 5) is 4.55. The fraction of sp³-hybridized carbons (Fsp3) is 0.533. The van der Waals surface area contributed by atoms with Crippen LogP contribution < -0.4 is 14.8 Å². The van der Waals surface area contributed by atoms with E-state index in [1.165, 1.54) is 0 Å². The first-order valence-corrected chi connectivity index (χ1v) is 7.76. The summed E-state index contributed by atoms with van der Waals surface area (Å²) in [6.07, 6.45) is 0. The summed E-state index contributed by atoms with van der Waals surface area (Å²) in [6.45, 7) is 6.98. The third-order valence-corrected chi connectivity index (χ3v) is 3.94. The standard InChI is InChI=1S/C15H22N2O2S/c1-15(2)10-16-14(17-11-15)20-9-8-19-13-6-4-12(18-3)5-7-13/h4-7H,8-11H2,1-3H3,(H,16,17). The Hall–Kier alpha value is -1.36. The highest BCUT2D eigenvalue weighted by molar-refractivity contribution is 8.13. The molecule has 1 aliphatic heterocycles. The number of thioether (sulfide) groups is 1. The molecule has 20 heavy (non-hydrogen) atoms. The number of ether oxygens (including phenoxy) is 2. The fourth-order valence-corrected chi connectivity index (χ4v) is 2.47. The van der Waals surface area contributed by atoms with Gasteiger partial charge in [0.05, 0.1) is 13.7 Å². The van der Waals surface area contributed by atoms with Crippen LogP contribution in [0.5, 0.6) is 11.5 Å². The second-order valence-electron chi connectivity index (χ2n) is 5.51. The Kier molecular flexibility index (Phi) is 5.17. The number of nitrogens with zero attached hydrogens (tertiary/aromatic N) is 1. The summed E-state index contributed by atoms with van der Waals surface area (Å²) in [5, 5.41) is 4.39. The Morgan fingerprint density at radius 2 is 1.95 bits per heavy atom. The van der Waals surface area contributed by atoms with Gasteiger partial charge in [-0.15, -0.1) is 0 Å². The molecule has 0 aliphatic carbocycles. The molecule has 5 heteroatoms. The molecule has 1 aromatic rings. The van der Waals surface area contributed by atoms with Crippen LogP contribution in [0.25, 0.3) is 0 Å². The molecule has 0 fully saturated rings.